The monoisotopic (exact) mass is 386 g/mol. The van der Waals surface area contributed by atoms with Crippen molar-refractivity contribution in [2.45, 2.75) is 33.1 Å². The second-order valence-electron chi connectivity index (χ2n) is 5.75. The third kappa shape index (κ3) is 3.42. The molecule has 0 aliphatic rings. The first-order valence-electron chi connectivity index (χ1n) is 6.79. The van der Waals surface area contributed by atoms with Crippen molar-refractivity contribution in [2.24, 2.45) is 0 Å². The molecule has 2 heterocycles. The van der Waals surface area contributed by atoms with E-state index in [1.807, 2.05) is 27.7 Å². The lowest BCUT2D eigenvalue weighted by molar-refractivity contribution is 0.102. The number of aryl methyl sites for hydroxylation is 2. The molecule has 0 spiro atoms. The number of anilines is 1. The van der Waals surface area contributed by atoms with Gasteiger partial charge in [-0.2, -0.15) is 0 Å². The van der Waals surface area contributed by atoms with E-state index in [1.165, 1.54) is 0 Å². The maximum atomic E-state index is 12.4. The average molecular weight is 387 g/mol. The summed E-state index contributed by atoms with van der Waals surface area (Å²) in [5, 5.41) is 6.70. The lowest BCUT2D eigenvalue weighted by Gasteiger charge is -2.19. The molecule has 2 rings (SSSR count). The summed E-state index contributed by atoms with van der Waals surface area (Å²) >= 11 is 5.04. The number of nitrogens with zero attached hydrogens (tertiary/aromatic N) is 1. The Balaban J connectivity index is 2.18. The maximum Gasteiger partial charge on any atom is 0.259 e. The summed E-state index contributed by atoms with van der Waals surface area (Å²) in [4.78, 5) is 14.4. The smallest absolute Gasteiger partial charge is 0.259 e. The second-order valence-corrected chi connectivity index (χ2v) is 7.97. The molecule has 0 aliphatic carbocycles. The van der Waals surface area contributed by atoms with Crippen molar-refractivity contribution >= 4 is 39.0 Å². The van der Waals surface area contributed by atoms with Crippen LogP contribution in [0.3, 0.4) is 0 Å². The highest BCUT2D eigenvalue weighted by Gasteiger charge is 2.27. The summed E-state index contributed by atoms with van der Waals surface area (Å²) in [7, 11) is 1.64. The van der Waals surface area contributed by atoms with Gasteiger partial charge >= 0.3 is 0 Å². The molecule has 0 saturated carbocycles. The molecule has 1 amide bonds. The van der Waals surface area contributed by atoms with Crippen molar-refractivity contribution in [3.05, 3.63) is 31.6 Å². The van der Waals surface area contributed by atoms with Gasteiger partial charge in [-0.25, -0.2) is 0 Å². The number of hydrogen-bond donors (Lipinski definition) is 1. The van der Waals surface area contributed by atoms with Gasteiger partial charge in [0.05, 0.1) is 12.2 Å². The van der Waals surface area contributed by atoms with Gasteiger partial charge in [-0.1, -0.05) is 19.0 Å². The predicted octanol–water partition coefficient (Wildman–Crippen LogP) is 4.29. The molecular weight excluding hydrogens is 368 g/mol. The van der Waals surface area contributed by atoms with Crippen molar-refractivity contribution < 1.29 is 14.1 Å². The Morgan fingerprint density at radius 1 is 1.45 bits per heavy atom. The minimum absolute atomic E-state index is 0.196. The van der Waals surface area contributed by atoms with Gasteiger partial charge < -0.3 is 14.6 Å². The Bertz CT molecular complexity index is 691. The van der Waals surface area contributed by atoms with Gasteiger partial charge in [0.15, 0.2) is 5.82 Å². The molecule has 22 heavy (non-hydrogen) atoms. The van der Waals surface area contributed by atoms with Crippen molar-refractivity contribution in [1.29, 1.82) is 0 Å². The number of methoxy groups -OCH3 is 1. The van der Waals surface area contributed by atoms with E-state index in [-0.39, 0.29) is 11.3 Å². The Kier molecular flexibility index (Phi) is 5.09. The number of ether oxygens (including phenoxy) is 1. The quantitative estimate of drug-likeness (QED) is 0.831. The van der Waals surface area contributed by atoms with E-state index in [1.54, 1.807) is 24.5 Å². The van der Waals surface area contributed by atoms with Crippen LogP contribution >= 0.6 is 27.3 Å². The number of hydrogen-bond acceptors (Lipinski definition) is 5. The molecule has 0 fully saturated rings. The lowest BCUT2D eigenvalue weighted by atomic mass is 9.91. The molecule has 0 atom stereocenters. The summed E-state index contributed by atoms with van der Waals surface area (Å²) in [6.45, 7) is 8.38. The normalized spacial score (nSPS) is 11.7. The highest BCUT2D eigenvalue weighted by molar-refractivity contribution is 9.10. The number of rotatable bonds is 5. The minimum atomic E-state index is -0.305. The molecule has 1 N–H and O–H groups in total. The number of thiophene rings is 1. The second kappa shape index (κ2) is 6.52. The first-order chi connectivity index (χ1) is 10.3. The van der Waals surface area contributed by atoms with Gasteiger partial charge in [0.1, 0.15) is 5.76 Å². The highest BCUT2D eigenvalue weighted by atomic mass is 79.9. The van der Waals surface area contributed by atoms with Crippen LogP contribution in [0.2, 0.25) is 0 Å². The summed E-state index contributed by atoms with van der Waals surface area (Å²) < 4.78 is 11.3. The van der Waals surface area contributed by atoms with Crippen LogP contribution in [0, 0.1) is 13.8 Å². The molecule has 0 aromatic carbocycles. The standard InChI is InChI=1S/C15H19BrN2O3S/c1-8-12(13(16)9(2)22-8)14(19)17-11-6-10(21-18-11)15(3,4)7-20-5/h6H,7H2,1-5H3,(H,17,18,19). The fraction of sp³-hybridized carbons (Fsp3) is 0.467. The molecule has 0 radical (unpaired) electrons. The lowest BCUT2D eigenvalue weighted by Crippen LogP contribution is -2.22. The number of nitrogens with one attached hydrogen (secondary N) is 1. The predicted molar refractivity (Wildman–Crippen MR) is 90.9 cm³/mol. The third-order valence-corrected chi connectivity index (χ3v) is 5.61. The van der Waals surface area contributed by atoms with Crippen LogP contribution in [0.25, 0.3) is 0 Å². The molecule has 0 saturated heterocycles. The maximum absolute atomic E-state index is 12.4. The van der Waals surface area contributed by atoms with Gasteiger partial charge in [-0.05, 0) is 29.8 Å². The number of amides is 1. The molecule has 2 aromatic rings. The molecule has 0 unspecified atom stereocenters. The Morgan fingerprint density at radius 3 is 2.68 bits per heavy atom. The van der Waals surface area contributed by atoms with Gasteiger partial charge in [-0.15, -0.1) is 11.3 Å². The zero-order valence-corrected chi connectivity index (χ0v) is 15.6. The molecule has 7 heteroatoms. The summed E-state index contributed by atoms with van der Waals surface area (Å²) in [5.41, 5.74) is 0.336. The number of carbonyl (C=O) groups is 1. The molecule has 5 nitrogen and oxygen atoms in total. The van der Waals surface area contributed by atoms with E-state index in [0.29, 0.717) is 23.7 Å². The summed E-state index contributed by atoms with van der Waals surface area (Å²) in [6.07, 6.45) is 0. The summed E-state index contributed by atoms with van der Waals surface area (Å²) in [5.74, 6) is 0.874. The van der Waals surface area contributed by atoms with E-state index >= 15 is 0 Å². The van der Waals surface area contributed by atoms with Gasteiger partial charge in [0, 0.05) is 32.8 Å². The molecule has 0 aliphatic heterocycles. The van der Waals surface area contributed by atoms with E-state index in [2.05, 4.69) is 26.4 Å². The fourth-order valence-electron chi connectivity index (χ4n) is 2.18. The first-order valence-corrected chi connectivity index (χ1v) is 8.40. The zero-order valence-electron chi connectivity index (χ0n) is 13.2. The molecule has 2 aromatic heterocycles. The van der Waals surface area contributed by atoms with Crippen LogP contribution in [-0.4, -0.2) is 24.8 Å². The van der Waals surface area contributed by atoms with Crippen LogP contribution in [0.1, 0.15) is 39.7 Å². The summed E-state index contributed by atoms with van der Waals surface area (Å²) in [6, 6.07) is 1.74. The topological polar surface area (TPSA) is 64.4 Å². The van der Waals surface area contributed by atoms with Crippen LogP contribution in [0.5, 0.6) is 0 Å². The van der Waals surface area contributed by atoms with Crippen molar-refractivity contribution in [3.8, 4) is 0 Å². The van der Waals surface area contributed by atoms with Crippen molar-refractivity contribution in [1.82, 2.24) is 5.16 Å². The largest absolute Gasteiger partial charge is 0.384 e. The SMILES string of the molecule is COCC(C)(C)c1cc(NC(=O)c2c(C)sc(C)c2Br)no1. The molecule has 120 valence electrons. The van der Waals surface area contributed by atoms with E-state index in [4.69, 9.17) is 9.26 Å². The number of carbonyl (C=O) groups excluding carboxylic acids is 1. The van der Waals surface area contributed by atoms with Crippen molar-refractivity contribution in [2.75, 3.05) is 19.0 Å². The zero-order chi connectivity index (χ0) is 16.5. The van der Waals surface area contributed by atoms with E-state index in [0.717, 1.165) is 14.2 Å². The first kappa shape index (κ1) is 17.2. The van der Waals surface area contributed by atoms with Crippen LogP contribution in [0.4, 0.5) is 5.82 Å². The Labute approximate surface area is 142 Å². The fourth-order valence-corrected chi connectivity index (χ4v) is 3.98. The Hall–Kier alpha value is -1.18. The van der Waals surface area contributed by atoms with E-state index < -0.39 is 0 Å². The van der Waals surface area contributed by atoms with Crippen molar-refractivity contribution in [3.63, 3.8) is 0 Å². The number of aromatic nitrogens is 1. The van der Waals surface area contributed by atoms with Gasteiger partial charge in [0.25, 0.3) is 5.91 Å². The highest BCUT2D eigenvalue weighted by Crippen LogP contribution is 2.33. The minimum Gasteiger partial charge on any atom is -0.384 e. The van der Waals surface area contributed by atoms with Crippen LogP contribution in [-0.2, 0) is 10.2 Å². The van der Waals surface area contributed by atoms with Crippen LogP contribution in [0.15, 0.2) is 15.1 Å². The van der Waals surface area contributed by atoms with E-state index in [9.17, 15) is 4.79 Å². The Morgan fingerprint density at radius 2 is 2.14 bits per heavy atom. The van der Waals surface area contributed by atoms with Gasteiger partial charge in [-0.3, -0.25) is 4.79 Å². The molecular formula is C15H19BrN2O3S. The van der Waals surface area contributed by atoms with Gasteiger partial charge in [0.2, 0.25) is 0 Å². The van der Waals surface area contributed by atoms with Crippen LogP contribution < -0.4 is 5.32 Å². The molecule has 0 bridgehead atoms. The third-order valence-electron chi connectivity index (χ3n) is 3.34. The number of halogens is 1. The average Bonchev–Trinajstić information content (AvgIpc) is 2.96.